The van der Waals surface area contributed by atoms with Gasteiger partial charge in [0.25, 0.3) is 0 Å². The number of carbonyl (C=O) groups is 1. The van der Waals surface area contributed by atoms with Gasteiger partial charge in [-0.25, -0.2) is 9.64 Å². The van der Waals surface area contributed by atoms with Crippen LogP contribution < -0.4 is 10.7 Å². The molecule has 1 fully saturated rings. The Labute approximate surface area is 175 Å². The summed E-state index contributed by atoms with van der Waals surface area (Å²) >= 11 is 0. The summed E-state index contributed by atoms with van der Waals surface area (Å²) in [5.74, 6) is -0.599. The van der Waals surface area contributed by atoms with Gasteiger partial charge in [0.2, 0.25) is 0 Å². The number of nitrogens with zero attached hydrogens (tertiary/aromatic N) is 1. The third kappa shape index (κ3) is 3.41. The van der Waals surface area contributed by atoms with Gasteiger partial charge in [0, 0.05) is 17.5 Å². The fraction of sp³-hybridized carbons (Fsp3) is 0.375. The normalized spacial score (nSPS) is 19.7. The lowest BCUT2D eigenvalue weighted by molar-refractivity contribution is -0.144. The van der Waals surface area contributed by atoms with Crippen LogP contribution in [0.25, 0.3) is 15.8 Å². The fourth-order valence-electron chi connectivity index (χ4n) is 4.47. The fourth-order valence-corrected chi connectivity index (χ4v) is 4.47. The third-order valence-corrected chi connectivity index (χ3v) is 5.86. The number of fused-ring (bicyclic) bond motifs is 1. The molecular weight excluding hydrogens is 380 g/mol. The molecule has 0 amide bonds. The molecule has 1 unspecified atom stereocenters. The van der Waals surface area contributed by atoms with E-state index >= 15 is 0 Å². The molecule has 0 saturated heterocycles. The van der Waals surface area contributed by atoms with Crippen LogP contribution >= 0.6 is 0 Å². The summed E-state index contributed by atoms with van der Waals surface area (Å²) in [5, 5.41) is 3.59. The van der Waals surface area contributed by atoms with Gasteiger partial charge in [-0.05, 0) is 58.1 Å². The van der Waals surface area contributed by atoms with Crippen molar-refractivity contribution < 1.29 is 13.9 Å². The Morgan fingerprint density at radius 3 is 2.63 bits per heavy atom. The molecule has 0 radical (unpaired) electrons. The predicted molar refractivity (Wildman–Crippen MR) is 113 cm³/mol. The smallest absolute Gasteiger partial charge is 0.335 e. The molecule has 1 N–H and O–H groups in total. The number of dihydropyridines is 1. The number of nitrogens with one attached hydrogen (secondary N) is 1. The number of hydrogen-bond acceptors (Lipinski definition) is 5. The first kappa shape index (κ1) is 20.0. The van der Waals surface area contributed by atoms with Crippen LogP contribution in [-0.2, 0) is 9.53 Å². The van der Waals surface area contributed by atoms with Crippen LogP contribution in [0.5, 0.6) is 0 Å². The molecule has 1 aromatic heterocycles. The lowest BCUT2D eigenvalue weighted by Gasteiger charge is -2.29. The number of aryl methyl sites for hydroxylation is 1. The molecule has 6 nitrogen and oxygen atoms in total. The van der Waals surface area contributed by atoms with E-state index in [1.807, 2.05) is 19.9 Å². The van der Waals surface area contributed by atoms with Crippen molar-refractivity contribution in [2.45, 2.75) is 58.5 Å². The summed E-state index contributed by atoms with van der Waals surface area (Å²) in [4.78, 5) is 29.5. The predicted octanol–water partition coefficient (Wildman–Crippen LogP) is 4.70. The average molecular weight is 404 g/mol. The number of ether oxygens (including phenoxy) is 1. The van der Waals surface area contributed by atoms with Gasteiger partial charge in [-0.15, -0.1) is 0 Å². The molecule has 2 aliphatic rings. The van der Waals surface area contributed by atoms with Crippen molar-refractivity contribution in [1.29, 1.82) is 0 Å². The summed E-state index contributed by atoms with van der Waals surface area (Å²) < 4.78 is 11.7. The number of carbonyl (C=O) groups excluding carboxylic acids is 1. The second-order valence-electron chi connectivity index (χ2n) is 7.98. The van der Waals surface area contributed by atoms with Crippen molar-refractivity contribution in [1.82, 2.24) is 5.32 Å². The molecule has 1 aliphatic carbocycles. The first-order valence-corrected chi connectivity index (χ1v) is 10.2. The summed E-state index contributed by atoms with van der Waals surface area (Å²) in [6.45, 7) is 13.1. The minimum absolute atomic E-state index is 0.0884. The lowest BCUT2D eigenvalue weighted by atomic mass is 9.83. The zero-order valence-corrected chi connectivity index (χ0v) is 17.4. The molecule has 1 saturated carbocycles. The summed E-state index contributed by atoms with van der Waals surface area (Å²) in [5.41, 5.74) is 3.01. The van der Waals surface area contributed by atoms with E-state index < -0.39 is 11.9 Å². The maximum Gasteiger partial charge on any atom is 0.335 e. The summed E-state index contributed by atoms with van der Waals surface area (Å²) in [7, 11) is 0. The van der Waals surface area contributed by atoms with Gasteiger partial charge >= 0.3 is 5.97 Å². The van der Waals surface area contributed by atoms with Crippen molar-refractivity contribution in [2.24, 2.45) is 0 Å². The molecular formula is C24H24N2O4. The SMILES string of the molecule is [C-]#[N+]C1=C(C)NC(C)=C(C(=O)OC2CCCC2)C1c1cccc2c(=O)cc(C)oc12. The van der Waals surface area contributed by atoms with E-state index in [-0.39, 0.29) is 11.5 Å². The van der Waals surface area contributed by atoms with Gasteiger partial charge in [0.15, 0.2) is 11.1 Å². The largest absolute Gasteiger partial charge is 0.461 e. The van der Waals surface area contributed by atoms with Crippen molar-refractivity contribution in [3.05, 3.63) is 79.9 Å². The molecule has 0 spiro atoms. The quantitative estimate of drug-likeness (QED) is 0.593. The van der Waals surface area contributed by atoms with E-state index in [0.29, 0.717) is 45.0 Å². The van der Waals surface area contributed by atoms with Gasteiger partial charge in [0.05, 0.1) is 23.4 Å². The number of benzene rings is 1. The van der Waals surface area contributed by atoms with Crippen LogP contribution in [-0.4, -0.2) is 12.1 Å². The molecule has 2 heterocycles. The van der Waals surface area contributed by atoms with Crippen molar-refractivity contribution in [3.8, 4) is 0 Å². The van der Waals surface area contributed by atoms with Crippen molar-refractivity contribution in [3.63, 3.8) is 0 Å². The topological polar surface area (TPSA) is 72.9 Å². The van der Waals surface area contributed by atoms with Crippen molar-refractivity contribution in [2.75, 3.05) is 0 Å². The Morgan fingerprint density at radius 2 is 1.93 bits per heavy atom. The van der Waals surface area contributed by atoms with E-state index in [1.54, 1.807) is 19.1 Å². The maximum atomic E-state index is 13.2. The standard InChI is InChI=1S/C24H24N2O4/c1-13-12-19(27)17-10-7-11-18(23(17)29-13)21-20(14(2)26-15(3)22(21)25-4)24(28)30-16-8-5-6-9-16/h7,10-12,16,21,26H,5-6,8-9H2,1-3H3. The van der Waals surface area contributed by atoms with Crippen LogP contribution in [0, 0.1) is 13.5 Å². The first-order chi connectivity index (χ1) is 14.4. The molecule has 1 aromatic carbocycles. The zero-order chi connectivity index (χ0) is 21.4. The van der Waals surface area contributed by atoms with Gasteiger partial charge in [0.1, 0.15) is 17.4 Å². The number of para-hydroxylation sites is 1. The molecule has 1 aliphatic heterocycles. The Kier molecular flexibility index (Phi) is 5.21. The number of hydrogen-bond donors (Lipinski definition) is 1. The van der Waals surface area contributed by atoms with E-state index in [1.165, 1.54) is 6.07 Å². The molecule has 1 atom stereocenters. The minimum Gasteiger partial charge on any atom is -0.461 e. The Balaban J connectivity index is 1.90. The van der Waals surface area contributed by atoms with Gasteiger partial charge in [-0.2, -0.15) is 0 Å². The highest BCUT2D eigenvalue weighted by Gasteiger charge is 2.37. The molecule has 154 valence electrons. The van der Waals surface area contributed by atoms with E-state index in [4.69, 9.17) is 15.7 Å². The van der Waals surface area contributed by atoms with Crippen LogP contribution in [0.4, 0.5) is 0 Å². The average Bonchev–Trinajstić information content (AvgIpc) is 3.20. The molecule has 4 rings (SSSR count). The van der Waals surface area contributed by atoms with Gasteiger partial charge < -0.3 is 14.5 Å². The Hall–Kier alpha value is -3.33. The van der Waals surface area contributed by atoms with E-state index in [9.17, 15) is 9.59 Å². The number of esters is 1. The second kappa shape index (κ2) is 7.83. The molecule has 30 heavy (non-hydrogen) atoms. The number of allylic oxidation sites excluding steroid dienone is 3. The van der Waals surface area contributed by atoms with Crippen LogP contribution in [0.3, 0.4) is 0 Å². The first-order valence-electron chi connectivity index (χ1n) is 10.2. The molecule has 6 heteroatoms. The van der Waals surface area contributed by atoms with Gasteiger partial charge in [-0.1, -0.05) is 12.1 Å². The molecule has 2 aromatic rings. The van der Waals surface area contributed by atoms with E-state index in [2.05, 4.69) is 10.2 Å². The third-order valence-electron chi connectivity index (χ3n) is 5.86. The lowest BCUT2D eigenvalue weighted by Crippen LogP contribution is -2.30. The summed E-state index contributed by atoms with van der Waals surface area (Å²) in [6, 6.07) is 6.72. The van der Waals surface area contributed by atoms with Gasteiger partial charge in [-0.3, -0.25) is 4.79 Å². The highest BCUT2D eigenvalue weighted by Crippen LogP contribution is 2.42. The maximum absolute atomic E-state index is 13.2. The van der Waals surface area contributed by atoms with E-state index in [0.717, 1.165) is 25.7 Å². The highest BCUT2D eigenvalue weighted by atomic mass is 16.5. The Bertz CT molecular complexity index is 1190. The highest BCUT2D eigenvalue weighted by molar-refractivity contribution is 5.94. The van der Waals surface area contributed by atoms with Crippen LogP contribution in [0.15, 0.2) is 56.1 Å². The van der Waals surface area contributed by atoms with Crippen LogP contribution in [0.2, 0.25) is 0 Å². The Morgan fingerprint density at radius 1 is 1.20 bits per heavy atom. The number of rotatable bonds is 3. The minimum atomic E-state index is -0.661. The molecule has 0 bridgehead atoms. The summed E-state index contributed by atoms with van der Waals surface area (Å²) in [6.07, 6.45) is 3.75. The second-order valence-corrected chi connectivity index (χ2v) is 7.98. The van der Waals surface area contributed by atoms with Crippen LogP contribution in [0.1, 0.15) is 56.8 Å². The monoisotopic (exact) mass is 404 g/mol. The zero-order valence-electron chi connectivity index (χ0n) is 17.4. The van der Waals surface area contributed by atoms with Crippen molar-refractivity contribution >= 4 is 16.9 Å².